The van der Waals surface area contributed by atoms with Gasteiger partial charge in [0.2, 0.25) is 11.8 Å². The monoisotopic (exact) mass is 199 g/mol. The first kappa shape index (κ1) is 11.1. The largest absolute Gasteiger partial charge is 0.424 e. The molecule has 1 heterocycles. The third-order valence-corrected chi connectivity index (χ3v) is 2.01. The van der Waals surface area contributed by atoms with Crippen molar-refractivity contribution in [1.82, 2.24) is 15.1 Å². The highest BCUT2D eigenvalue weighted by molar-refractivity contribution is 4.78. The fourth-order valence-electron chi connectivity index (χ4n) is 1.24. The van der Waals surface area contributed by atoms with Gasteiger partial charge in [-0.3, -0.25) is 4.90 Å². The smallest absolute Gasteiger partial charge is 0.230 e. The minimum absolute atomic E-state index is 0.222. The van der Waals surface area contributed by atoms with Gasteiger partial charge in [-0.2, -0.15) is 0 Å². The maximum absolute atomic E-state index is 8.70. The van der Waals surface area contributed by atoms with Crippen molar-refractivity contribution >= 4 is 0 Å². The van der Waals surface area contributed by atoms with Crippen LogP contribution in [0.2, 0.25) is 0 Å². The van der Waals surface area contributed by atoms with E-state index in [4.69, 9.17) is 9.52 Å². The lowest BCUT2D eigenvalue weighted by Gasteiger charge is -2.17. The molecule has 5 heteroatoms. The van der Waals surface area contributed by atoms with Crippen LogP contribution < -0.4 is 0 Å². The van der Waals surface area contributed by atoms with Crippen molar-refractivity contribution in [3.05, 3.63) is 11.8 Å². The molecule has 0 saturated heterocycles. The molecule has 0 unspecified atom stereocenters. The number of aromatic nitrogens is 2. The summed E-state index contributed by atoms with van der Waals surface area (Å²) in [5.41, 5.74) is 0. The molecule has 1 rings (SSSR count). The molecule has 0 fully saturated rings. The predicted molar refractivity (Wildman–Crippen MR) is 51.7 cm³/mol. The number of aryl methyl sites for hydroxylation is 1. The van der Waals surface area contributed by atoms with Gasteiger partial charge in [0.15, 0.2) is 0 Å². The lowest BCUT2D eigenvalue weighted by atomic mass is 10.4. The van der Waals surface area contributed by atoms with Gasteiger partial charge in [0.25, 0.3) is 0 Å². The van der Waals surface area contributed by atoms with Gasteiger partial charge in [0.1, 0.15) is 0 Å². The van der Waals surface area contributed by atoms with E-state index in [-0.39, 0.29) is 6.61 Å². The van der Waals surface area contributed by atoms with Crippen LogP contribution >= 0.6 is 0 Å². The van der Waals surface area contributed by atoms with Crippen LogP contribution in [0.3, 0.4) is 0 Å². The number of aliphatic hydroxyl groups is 1. The molecule has 0 spiro atoms. The zero-order valence-electron chi connectivity index (χ0n) is 8.73. The Morgan fingerprint density at radius 1 is 1.43 bits per heavy atom. The Labute approximate surface area is 83.7 Å². The molecule has 0 bridgehead atoms. The van der Waals surface area contributed by atoms with Gasteiger partial charge in [-0.15, -0.1) is 10.2 Å². The molecule has 0 aliphatic rings. The molecule has 0 aliphatic heterocycles. The van der Waals surface area contributed by atoms with E-state index >= 15 is 0 Å². The van der Waals surface area contributed by atoms with E-state index in [1.165, 1.54) is 0 Å². The summed E-state index contributed by atoms with van der Waals surface area (Å²) < 4.78 is 5.27. The summed E-state index contributed by atoms with van der Waals surface area (Å²) in [5, 5.41) is 16.4. The first-order valence-corrected chi connectivity index (χ1v) is 4.88. The third kappa shape index (κ3) is 3.43. The first-order chi connectivity index (χ1) is 6.76. The fraction of sp³-hybridized carbons (Fsp3) is 0.778. The summed E-state index contributed by atoms with van der Waals surface area (Å²) in [6.07, 6.45) is 0.779. The second kappa shape index (κ2) is 5.72. The van der Waals surface area contributed by atoms with Crippen molar-refractivity contribution < 1.29 is 9.52 Å². The first-order valence-electron chi connectivity index (χ1n) is 4.88. The molecule has 1 N–H and O–H groups in total. The quantitative estimate of drug-likeness (QED) is 0.726. The highest BCUT2D eigenvalue weighted by atomic mass is 16.4. The summed E-state index contributed by atoms with van der Waals surface area (Å²) >= 11 is 0. The van der Waals surface area contributed by atoms with Gasteiger partial charge in [0.05, 0.1) is 6.54 Å². The van der Waals surface area contributed by atoms with Crippen molar-refractivity contribution in [2.45, 2.75) is 26.8 Å². The molecule has 0 aliphatic carbocycles. The molecule has 80 valence electrons. The molecule has 14 heavy (non-hydrogen) atoms. The standard InChI is InChI=1S/C9H17N3O2/c1-3-12(5-4-6-13)7-9-11-10-8(2)14-9/h13H,3-7H2,1-2H3. The van der Waals surface area contributed by atoms with Crippen molar-refractivity contribution in [2.24, 2.45) is 0 Å². The number of nitrogens with zero attached hydrogens (tertiary/aromatic N) is 3. The molecule has 0 saturated carbocycles. The number of hydrogen-bond acceptors (Lipinski definition) is 5. The Morgan fingerprint density at radius 2 is 2.21 bits per heavy atom. The van der Waals surface area contributed by atoms with E-state index in [0.29, 0.717) is 18.3 Å². The van der Waals surface area contributed by atoms with Gasteiger partial charge in [-0.25, -0.2) is 0 Å². The van der Waals surface area contributed by atoms with E-state index < -0.39 is 0 Å². The van der Waals surface area contributed by atoms with E-state index in [2.05, 4.69) is 22.0 Å². The summed E-state index contributed by atoms with van der Waals surface area (Å²) in [7, 11) is 0. The second-order valence-corrected chi connectivity index (χ2v) is 3.16. The Kier molecular flexibility index (Phi) is 4.55. The molecule has 0 amide bonds. The zero-order valence-corrected chi connectivity index (χ0v) is 8.73. The van der Waals surface area contributed by atoms with Crippen molar-refractivity contribution in [2.75, 3.05) is 19.7 Å². The summed E-state index contributed by atoms with van der Waals surface area (Å²) in [5.74, 6) is 1.24. The minimum Gasteiger partial charge on any atom is -0.424 e. The summed E-state index contributed by atoms with van der Waals surface area (Å²) in [6, 6.07) is 0. The highest BCUT2D eigenvalue weighted by Crippen LogP contribution is 2.03. The molecular formula is C9H17N3O2. The van der Waals surface area contributed by atoms with Crippen molar-refractivity contribution in [1.29, 1.82) is 0 Å². The van der Waals surface area contributed by atoms with Crippen LogP contribution in [0.15, 0.2) is 4.42 Å². The Balaban J connectivity index is 2.40. The molecule has 0 atom stereocenters. The van der Waals surface area contributed by atoms with Crippen LogP contribution in [-0.2, 0) is 6.54 Å². The number of aliphatic hydroxyl groups excluding tert-OH is 1. The molecular weight excluding hydrogens is 182 g/mol. The van der Waals surface area contributed by atoms with Crippen LogP contribution in [0.5, 0.6) is 0 Å². The van der Waals surface area contributed by atoms with Crippen LogP contribution in [0.4, 0.5) is 0 Å². The normalized spacial score (nSPS) is 11.1. The molecule has 1 aromatic rings. The zero-order chi connectivity index (χ0) is 10.4. The number of rotatable bonds is 6. The van der Waals surface area contributed by atoms with E-state index in [1.807, 2.05) is 0 Å². The molecule has 0 aromatic carbocycles. The van der Waals surface area contributed by atoms with Gasteiger partial charge in [0, 0.05) is 20.1 Å². The topological polar surface area (TPSA) is 62.4 Å². The molecule has 5 nitrogen and oxygen atoms in total. The van der Waals surface area contributed by atoms with E-state index in [0.717, 1.165) is 19.5 Å². The van der Waals surface area contributed by atoms with Crippen LogP contribution in [0.25, 0.3) is 0 Å². The maximum Gasteiger partial charge on any atom is 0.230 e. The maximum atomic E-state index is 8.70. The van der Waals surface area contributed by atoms with Gasteiger partial charge < -0.3 is 9.52 Å². The second-order valence-electron chi connectivity index (χ2n) is 3.16. The van der Waals surface area contributed by atoms with Crippen LogP contribution in [-0.4, -0.2) is 39.9 Å². The van der Waals surface area contributed by atoms with Crippen molar-refractivity contribution in [3.63, 3.8) is 0 Å². The van der Waals surface area contributed by atoms with Crippen LogP contribution in [0, 0.1) is 6.92 Å². The molecule has 0 radical (unpaired) electrons. The Bertz CT molecular complexity index is 262. The third-order valence-electron chi connectivity index (χ3n) is 2.01. The van der Waals surface area contributed by atoms with Gasteiger partial charge >= 0.3 is 0 Å². The van der Waals surface area contributed by atoms with Gasteiger partial charge in [-0.05, 0) is 13.0 Å². The number of hydrogen-bond donors (Lipinski definition) is 1. The fourth-order valence-corrected chi connectivity index (χ4v) is 1.24. The summed E-state index contributed by atoms with van der Waals surface area (Å²) in [4.78, 5) is 2.16. The van der Waals surface area contributed by atoms with E-state index in [9.17, 15) is 0 Å². The Hall–Kier alpha value is -0.940. The van der Waals surface area contributed by atoms with E-state index in [1.54, 1.807) is 6.92 Å². The SMILES string of the molecule is CCN(CCCO)Cc1nnc(C)o1. The minimum atomic E-state index is 0.222. The summed E-state index contributed by atoms with van der Waals surface area (Å²) in [6.45, 7) is 6.51. The van der Waals surface area contributed by atoms with Crippen molar-refractivity contribution in [3.8, 4) is 0 Å². The Morgan fingerprint density at radius 3 is 2.71 bits per heavy atom. The lowest BCUT2D eigenvalue weighted by molar-refractivity contribution is 0.211. The predicted octanol–water partition coefficient (Wildman–Crippen LogP) is 0.582. The average molecular weight is 199 g/mol. The van der Waals surface area contributed by atoms with Crippen LogP contribution in [0.1, 0.15) is 25.1 Å². The molecule has 1 aromatic heterocycles. The highest BCUT2D eigenvalue weighted by Gasteiger charge is 2.07. The van der Waals surface area contributed by atoms with Gasteiger partial charge in [-0.1, -0.05) is 6.92 Å². The average Bonchev–Trinajstić information content (AvgIpc) is 2.58. The lowest BCUT2D eigenvalue weighted by Crippen LogP contribution is -2.24.